The van der Waals surface area contributed by atoms with E-state index in [9.17, 15) is 9.59 Å². The van der Waals surface area contributed by atoms with Crippen molar-refractivity contribution in [3.05, 3.63) is 41.4 Å². The molecule has 8 heteroatoms. The number of amides is 2. The molecule has 1 heterocycles. The van der Waals surface area contributed by atoms with E-state index in [2.05, 4.69) is 20.8 Å². The van der Waals surface area contributed by atoms with Crippen LogP contribution >= 0.6 is 23.4 Å². The fourth-order valence-corrected chi connectivity index (χ4v) is 2.42. The molecule has 0 aliphatic carbocycles. The molecule has 0 saturated carbocycles. The SMILES string of the molecule is CC(C)C(=O)Nc1ccc(SCC(=O)Nc2ccccc2Cl)nn1. The predicted octanol–water partition coefficient (Wildman–Crippen LogP) is 3.46. The van der Waals surface area contributed by atoms with Crippen LogP contribution in [0.2, 0.25) is 5.02 Å². The number of halogens is 1. The highest BCUT2D eigenvalue weighted by molar-refractivity contribution is 7.99. The maximum Gasteiger partial charge on any atom is 0.234 e. The number of benzene rings is 1. The first-order valence-electron chi connectivity index (χ1n) is 7.27. The third-order valence-corrected chi connectivity index (χ3v) is 4.16. The number of thioether (sulfide) groups is 1. The molecule has 0 saturated heterocycles. The number of carbonyl (C=O) groups excluding carboxylic acids is 2. The lowest BCUT2D eigenvalue weighted by atomic mass is 10.2. The number of rotatable bonds is 6. The van der Waals surface area contributed by atoms with E-state index < -0.39 is 0 Å². The maximum atomic E-state index is 11.9. The Kier molecular flexibility index (Phi) is 6.57. The first-order chi connectivity index (χ1) is 11.5. The molecule has 0 aliphatic heterocycles. The van der Waals surface area contributed by atoms with Crippen molar-refractivity contribution >= 4 is 46.7 Å². The molecule has 0 atom stereocenters. The Labute approximate surface area is 149 Å². The quantitative estimate of drug-likeness (QED) is 0.767. The molecule has 1 aromatic carbocycles. The lowest BCUT2D eigenvalue weighted by Crippen LogP contribution is -2.18. The van der Waals surface area contributed by atoms with Crippen LogP contribution in [0.4, 0.5) is 11.5 Å². The Morgan fingerprint density at radius 1 is 1.12 bits per heavy atom. The van der Waals surface area contributed by atoms with E-state index in [0.29, 0.717) is 21.6 Å². The summed E-state index contributed by atoms with van der Waals surface area (Å²) in [6.07, 6.45) is 0. The van der Waals surface area contributed by atoms with Gasteiger partial charge in [0, 0.05) is 5.92 Å². The van der Waals surface area contributed by atoms with Crippen molar-refractivity contribution < 1.29 is 9.59 Å². The predicted molar refractivity (Wildman–Crippen MR) is 96.3 cm³/mol. The van der Waals surface area contributed by atoms with Gasteiger partial charge in [-0.1, -0.05) is 49.3 Å². The minimum absolute atomic E-state index is 0.121. The van der Waals surface area contributed by atoms with E-state index in [1.54, 1.807) is 50.2 Å². The highest BCUT2D eigenvalue weighted by atomic mass is 35.5. The van der Waals surface area contributed by atoms with Crippen molar-refractivity contribution in [2.75, 3.05) is 16.4 Å². The van der Waals surface area contributed by atoms with Gasteiger partial charge in [0.2, 0.25) is 11.8 Å². The van der Waals surface area contributed by atoms with Crippen molar-refractivity contribution in [2.45, 2.75) is 18.9 Å². The number of anilines is 2. The monoisotopic (exact) mass is 364 g/mol. The van der Waals surface area contributed by atoms with Crippen LogP contribution in [0, 0.1) is 5.92 Å². The zero-order valence-corrected chi connectivity index (χ0v) is 14.8. The number of hydrogen-bond donors (Lipinski definition) is 2. The van der Waals surface area contributed by atoms with E-state index in [1.807, 2.05) is 0 Å². The minimum Gasteiger partial charge on any atom is -0.324 e. The van der Waals surface area contributed by atoms with Crippen LogP contribution in [-0.2, 0) is 9.59 Å². The highest BCUT2D eigenvalue weighted by Gasteiger charge is 2.10. The second-order valence-corrected chi connectivity index (χ2v) is 6.62. The fourth-order valence-electron chi connectivity index (χ4n) is 1.62. The summed E-state index contributed by atoms with van der Waals surface area (Å²) in [5.41, 5.74) is 0.572. The molecule has 0 spiro atoms. The first kappa shape index (κ1) is 18.2. The Hall–Kier alpha value is -2.12. The Balaban J connectivity index is 1.85. The van der Waals surface area contributed by atoms with Gasteiger partial charge in [-0.25, -0.2) is 0 Å². The largest absolute Gasteiger partial charge is 0.324 e. The van der Waals surface area contributed by atoms with Gasteiger partial charge in [0.15, 0.2) is 5.82 Å². The topological polar surface area (TPSA) is 84.0 Å². The molecule has 0 radical (unpaired) electrons. The number of carbonyl (C=O) groups is 2. The summed E-state index contributed by atoms with van der Waals surface area (Å²) >= 11 is 7.23. The molecule has 2 amide bonds. The van der Waals surface area contributed by atoms with Gasteiger partial charge in [-0.05, 0) is 24.3 Å². The summed E-state index contributed by atoms with van der Waals surface area (Å²) in [4.78, 5) is 23.5. The zero-order chi connectivity index (χ0) is 17.5. The standard InChI is InChI=1S/C16H17ClN4O2S/c1-10(2)16(23)19-13-7-8-15(21-20-13)24-9-14(22)18-12-6-4-3-5-11(12)17/h3-8,10H,9H2,1-2H3,(H,18,22)(H,19,20,23). The molecule has 2 rings (SSSR count). The van der Waals surface area contributed by atoms with Crippen LogP contribution < -0.4 is 10.6 Å². The van der Waals surface area contributed by atoms with Crippen LogP contribution in [0.15, 0.2) is 41.4 Å². The molecule has 1 aromatic heterocycles. The van der Waals surface area contributed by atoms with E-state index >= 15 is 0 Å². The zero-order valence-electron chi connectivity index (χ0n) is 13.2. The molecule has 2 N–H and O–H groups in total. The lowest BCUT2D eigenvalue weighted by Gasteiger charge is -2.07. The number of para-hydroxylation sites is 1. The van der Waals surface area contributed by atoms with E-state index in [0.717, 1.165) is 0 Å². The molecule has 0 aliphatic rings. The van der Waals surface area contributed by atoms with Crippen LogP contribution in [0.25, 0.3) is 0 Å². The maximum absolute atomic E-state index is 11.9. The highest BCUT2D eigenvalue weighted by Crippen LogP contribution is 2.21. The van der Waals surface area contributed by atoms with Crippen LogP contribution in [0.1, 0.15) is 13.8 Å². The van der Waals surface area contributed by atoms with E-state index in [4.69, 9.17) is 11.6 Å². The molecular weight excluding hydrogens is 348 g/mol. The summed E-state index contributed by atoms with van der Waals surface area (Å²) in [5, 5.41) is 14.4. The van der Waals surface area contributed by atoms with Crippen molar-refractivity contribution in [1.82, 2.24) is 10.2 Å². The van der Waals surface area contributed by atoms with Crippen molar-refractivity contribution in [1.29, 1.82) is 0 Å². The van der Waals surface area contributed by atoms with Gasteiger partial charge in [0.05, 0.1) is 16.5 Å². The smallest absolute Gasteiger partial charge is 0.234 e. The number of nitrogens with one attached hydrogen (secondary N) is 2. The third-order valence-electron chi connectivity index (χ3n) is 2.91. The molecule has 24 heavy (non-hydrogen) atoms. The second-order valence-electron chi connectivity index (χ2n) is 5.22. The van der Waals surface area contributed by atoms with E-state index in [1.165, 1.54) is 11.8 Å². The molecule has 6 nitrogen and oxygen atoms in total. The van der Waals surface area contributed by atoms with Gasteiger partial charge in [0.1, 0.15) is 5.03 Å². The molecule has 126 valence electrons. The summed E-state index contributed by atoms with van der Waals surface area (Å²) < 4.78 is 0. The summed E-state index contributed by atoms with van der Waals surface area (Å²) in [6, 6.07) is 10.4. The van der Waals surface area contributed by atoms with Gasteiger partial charge >= 0.3 is 0 Å². The second kappa shape index (κ2) is 8.65. The third kappa shape index (κ3) is 5.50. The van der Waals surface area contributed by atoms with Gasteiger partial charge in [-0.2, -0.15) is 0 Å². The normalized spacial score (nSPS) is 10.5. The Morgan fingerprint density at radius 3 is 2.50 bits per heavy atom. The van der Waals surface area contributed by atoms with Crippen LogP contribution in [0.5, 0.6) is 0 Å². The summed E-state index contributed by atoms with van der Waals surface area (Å²) in [7, 11) is 0. The summed E-state index contributed by atoms with van der Waals surface area (Å²) in [6.45, 7) is 3.59. The number of nitrogens with zero attached hydrogens (tertiary/aromatic N) is 2. The minimum atomic E-state index is -0.188. The van der Waals surface area contributed by atoms with Gasteiger partial charge in [-0.15, -0.1) is 10.2 Å². The van der Waals surface area contributed by atoms with Gasteiger partial charge in [0.25, 0.3) is 0 Å². The van der Waals surface area contributed by atoms with Gasteiger partial charge < -0.3 is 10.6 Å². The molecule has 2 aromatic rings. The molecule has 0 unspecified atom stereocenters. The Bertz CT molecular complexity index is 722. The molecule has 0 fully saturated rings. The average molecular weight is 365 g/mol. The lowest BCUT2D eigenvalue weighted by molar-refractivity contribution is -0.119. The number of aromatic nitrogens is 2. The van der Waals surface area contributed by atoms with E-state index in [-0.39, 0.29) is 23.5 Å². The number of hydrogen-bond acceptors (Lipinski definition) is 5. The fraction of sp³-hybridized carbons (Fsp3) is 0.250. The molecule has 0 bridgehead atoms. The van der Waals surface area contributed by atoms with Crippen molar-refractivity contribution in [3.63, 3.8) is 0 Å². The summed E-state index contributed by atoms with van der Waals surface area (Å²) in [5.74, 6) is 0.126. The molecular formula is C16H17ClN4O2S. The van der Waals surface area contributed by atoms with Crippen molar-refractivity contribution in [3.8, 4) is 0 Å². The van der Waals surface area contributed by atoms with Gasteiger partial charge in [-0.3, -0.25) is 9.59 Å². The average Bonchev–Trinajstić information content (AvgIpc) is 2.56. The van der Waals surface area contributed by atoms with Crippen LogP contribution in [-0.4, -0.2) is 27.8 Å². The van der Waals surface area contributed by atoms with Crippen molar-refractivity contribution in [2.24, 2.45) is 5.92 Å². The van der Waals surface area contributed by atoms with Crippen LogP contribution in [0.3, 0.4) is 0 Å². The Morgan fingerprint density at radius 2 is 1.88 bits per heavy atom. The first-order valence-corrected chi connectivity index (χ1v) is 8.64.